The number of nitrogen functional groups attached to an aromatic ring is 1. The van der Waals surface area contributed by atoms with Gasteiger partial charge in [-0.3, -0.25) is 4.79 Å². The molecule has 1 rings (SSSR count). The van der Waals surface area contributed by atoms with Crippen LogP contribution in [0.15, 0.2) is 11.4 Å². The van der Waals surface area contributed by atoms with Gasteiger partial charge in [0.25, 0.3) is 10.0 Å². The fraction of sp³-hybridized carbons (Fsp3) is 0.500. The topological polar surface area (TPSA) is 133 Å². The molecule has 0 spiro atoms. The Morgan fingerprint density at radius 3 is 2.65 bits per heavy atom. The number of sulfonamides is 1. The summed E-state index contributed by atoms with van der Waals surface area (Å²) in [5.41, 5.74) is 10.4. The van der Waals surface area contributed by atoms with E-state index >= 15 is 0 Å². The SMILES string of the molecule is CC(CC(N)=O)NS(=O)(=O)c1c(N)ncn1C. The van der Waals surface area contributed by atoms with Crippen LogP contribution in [0.1, 0.15) is 13.3 Å². The lowest BCUT2D eigenvalue weighted by atomic mass is 10.2. The minimum atomic E-state index is -3.81. The standard InChI is InChI=1S/C8H15N5O3S/c1-5(3-6(9)14)12-17(15,16)8-7(10)11-4-13(8)2/h4-5,12H,3,10H2,1-2H3,(H2,9,14). The number of primary amides is 1. The van der Waals surface area contributed by atoms with Crippen molar-refractivity contribution in [3.05, 3.63) is 6.33 Å². The van der Waals surface area contributed by atoms with Crippen LogP contribution in [0, 0.1) is 0 Å². The molecule has 1 unspecified atom stereocenters. The smallest absolute Gasteiger partial charge is 0.260 e. The first kappa shape index (κ1) is 13.5. The summed E-state index contributed by atoms with van der Waals surface area (Å²) in [7, 11) is -2.29. The van der Waals surface area contributed by atoms with Gasteiger partial charge in [-0.2, -0.15) is 0 Å². The molecule has 0 aliphatic heterocycles. The molecule has 0 radical (unpaired) electrons. The molecule has 96 valence electrons. The molecule has 17 heavy (non-hydrogen) atoms. The second kappa shape index (κ2) is 4.72. The number of anilines is 1. The third-order valence-corrected chi connectivity index (χ3v) is 3.75. The maximum absolute atomic E-state index is 11.9. The van der Waals surface area contributed by atoms with Gasteiger partial charge in [-0.25, -0.2) is 18.1 Å². The lowest BCUT2D eigenvalue weighted by Gasteiger charge is -2.12. The summed E-state index contributed by atoms with van der Waals surface area (Å²) in [5, 5.41) is -0.131. The average molecular weight is 261 g/mol. The van der Waals surface area contributed by atoms with Crippen molar-refractivity contribution in [2.45, 2.75) is 24.4 Å². The molecule has 1 amide bonds. The number of aryl methyl sites for hydroxylation is 1. The van der Waals surface area contributed by atoms with Crippen LogP contribution in [-0.2, 0) is 21.9 Å². The van der Waals surface area contributed by atoms with E-state index in [1.54, 1.807) is 0 Å². The zero-order chi connectivity index (χ0) is 13.2. The van der Waals surface area contributed by atoms with Crippen molar-refractivity contribution in [1.82, 2.24) is 14.3 Å². The number of carbonyl (C=O) groups excluding carboxylic acids is 1. The van der Waals surface area contributed by atoms with Crippen molar-refractivity contribution >= 4 is 21.7 Å². The summed E-state index contributed by atoms with van der Waals surface area (Å²) in [6.45, 7) is 1.54. The molecule has 0 bridgehead atoms. The van der Waals surface area contributed by atoms with Gasteiger partial charge in [0, 0.05) is 19.5 Å². The second-order valence-electron chi connectivity index (χ2n) is 3.74. The van der Waals surface area contributed by atoms with E-state index in [9.17, 15) is 13.2 Å². The van der Waals surface area contributed by atoms with Crippen LogP contribution in [0.2, 0.25) is 0 Å². The lowest BCUT2D eigenvalue weighted by molar-refractivity contribution is -0.118. The van der Waals surface area contributed by atoms with Crippen LogP contribution < -0.4 is 16.2 Å². The molecule has 1 atom stereocenters. The molecule has 0 fully saturated rings. The van der Waals surface area contributed by atoms with E-state index in [1.165, 1.54) is 24.9 Å². The van der Waals surface area contributed by atoms with E-state index in [-0.39, 0.29) is 17.3 Å². The highest BCUT2D eigenvalue weighted by Crippen LogP contribution is 2.15. The van der Waals surface area contributed by atoms with Gasteiger partial charge in [-0.15, -0.1) is 0 Å². The van der Waals surface area contributed by atoms with Crippen molar-refractivity contribution in [3.8, 4) is 0 Å². The van der Waals surface area contributed by atoms with Gasteiger partial charge >= 0.3 is 0 Å². The number of nitrogens with one attached hydrogen (secondary N) is 1. The Balaban J connectivity index is 2.94. The van der Waals surface area contributed by atoms with E-state index in [1.807, 2.05) is 0 Å². The summed E-state index contributed by atoms with van der Waals surface area (Å²) in [5.74, 6) is -0.676. The number of hydrogen-bond donors (Lipinski definition) is 3. The molecule has 5 N–H and O–H groups in total. The lowest BCUT2D eigenvalue weighted by Crippen LogP contribution is -2.36. The number of aromatic nitrogens is 2. The fourth-order valence-corrected chi connectivity index (χ4v) is 2.91. The van der Waals surface area contributed by atoms with Gasteiger partial charge in [-0.1, -0.05) is 0 Å². The van der Waals surface area contributed by atoms with Gasteiger partial charge in [-0.05, 0) is 6.92 Å². The average Bonchev–Trinajstić information content (AvgIpc) is 2.43. The maximum Gasteiger partial charge on any atom is 0.260 e. The normalized spacial score (nSPS) is 13.5. The minimum Gasteiger partial charge on any atom is -0.381 e. The molecule has 1 aromatic rings. The molecule has 0 saturated carbocycles. The molecule has 0 aliphatic carbocycles. The molecular weight excluding hydrogens is 246 g/mol. The Morgan fingerprint density at radius 1 is 1.65 bits per heavy atom. The third kappa shape index (κ3) is 3.17. The van der Waals surface area contributed by atoms with Crippen molar-refractivity contribution < 1.29 is 13.2 Å². The maximum atomic E-state index is 11.9. The van der Waals surface area contributed by atoms with Crippen molar-refractivity contribution in [2.75, 3.05) is 5.73 Å². The Morgan fingerprint density at radius 2 is 2.24 bits per heavy atom. The molecule has 0 aliphatic rings. The van der Waals surface area contributed by atoms with Crippen LogP contribution in [0.25, 0.3) is 0 Å². The molecule has 1 aromatic heterocycles. The number of imidazole rings is 1. The quantitative estimate of drug-likeness (QED) is 0.596. The Kier molecular flexibility index (Phi) is 3.73. The van der Waals surface area contributed by atoms with Crippen molar-refractivity contribution in [1.29, 1.82) is 0 Å². The predicted molar refractivity (Wildman–Crippen MR) is 61.2 cm³/mol. The summed E-state index contributed by atoms with van der Waals surface area (Å²) in [4.78, 5) is 14.3. The highest BCUT2D eigenvalue weighted by Gasteiger charge is 2.24. The molecule has 1 heterocycles. The van der Waals surface area contributed by atoms with E-state index < -0.39 is 22.0 Å². The van der Waals surface area contributed by atoms with Crippen molar-refractivity contribution in [2.24, 2.45) is 12.8 Å². The van der Waals surface area contributed by atoms with E-state index in [4.69, 9.17) is 11.5 Å². The Labute approximate surface area is 99.0 Å². The number of nitrogens with zero attached hydrogens (tertiary/aromatic N) is 2. The summed E-state index contributed by atoms with van der Waals surface area (Å²) >= 11 is 0. The van der Waals surface area contributed by atoms with E-state index in [2.05, 4.69) is 9.71 Å². The first-order valence-electron chi connectivity index (χ1n) is 4.81. The summed E-state index contributed by atoms with van der Waals surface area (Å²) in [6, 6.07) is -0.605. The van der Waals surface area contributed by atoms with Crippen LogP contribution in [-0.4, -0.2) is 29.9 Å². The highest BCUT2D eigenvalue weighted by atomic mass is 32.2. The van der Waals surface area contributed by atoms with Crippen LogP contribution in [0.5, 0.6) is 0 Å². The largest absolute Gasteiger partial charge is 0.381 e. The number of carbonyl (C=O) groups is 1. The van der Waals surface area contributed by atoms with Gasteiger partial charge in [0.15, 0.2) is 10.8 Å². The van der Waals surface area contributed by atoms with Crippen LogP contribution in [0.4, 0.5) is 5.82 Å². The van der Waals surface area contributed by atoms with Gasteiger partial charge in [0.05, 0.1) is 6.33 Å². The van der Waals surface area contributed by atoms with Crippen LogP contribution >= 0.6 is 0 Å². The van der Waals surface area contributed by atoms with Gasteiger partial charge in [0.2, 0.25) is 5.91 Å². The summed E-state index contributed by atoms with van der Waals surface area (Å²) < 4.78 is 27.4. The Hall–Kier alpha value is -1.61. The zero-order valence-corrected chi connectivity index (χ0v) is 10.4. The molecule has 8 nitrogen and oxygen atoms in total. The summed E-state index contributed by atoms with van der Waals surface area (Å²) in [6.07, 6.45) is 1.21. The highest BCUT2D eigenvalue weighted by molar-refractivity contribution is 7.89. The molecule has 9 heteroatoms. The fourth-order valence-electron chi connectivity index (χ4n) is 1.43. The number of hydrogen-bond acceptors (Lipinski definition) is 5. The second-order valence-corrected chi connectivity index (χ2v) is 5.37. The minimum absolute atomic E-state index is 0.0863. The number of rotatable bonds is 5. The monoisotopic (exact) mass is 261 g/mol. The molecular formula is C8H15N5O3S. The number of nitrogens with two attached hydrogens (primary N) is 2. The van der Waals surface area contributed by atoms with E-state index in [0.717, 1.165) is 0 Å². The van der Waals surface area contributed by atoms with Crippen molar-refractivity contribution in [3.63, 3.8) is 0 Å². The first-order valence-corrected chi connectivity index (χ1v) is 6.29. The zero-order valence-electron chi connectivity index (χ0n) is 9.54. The van der Waals surface area contributed by atoms with Gasteiger partial charge < -0.3 is 16.0 Å². The predicted octanol–water partition coefficient (Wildman–Crippen LogP) is -1.46. The van der Waals surface area contributed by atoms with Gasteiger partial charge in [0.1, 0.15) is 0 Å². The number of amides is 1. The molecule has 0 saturated heterocycles. The van der Waals surface area contributed by atoms with E-state index in [0.29, 0.717) is 0 Å². The third-order valence-electron chi connectivity index (χ3n) is 2.03. The Bertz CT molecular complexity index is 502. The first-order chi connectivity index (χ1) is 7.74. The van der Waals surface area contributed by atoms with Crippen LogP contribution in [0.3, 0.4) is 0 Å². The molecule has 0 aromatic carbocycles.